The first-order valence-electron chi connectivity index (χ1n) is 13.0. The smallest absolute Gasteiger partial charge is 0.300 e. The zero-order valence-corrected chi connectivity index (χ0v) is 22.8. The lowest BCUT2D eigenvalue weighted by Crippen LogP contribution is -2.29. The molecule has 1 atom stereocenters. The maximum atomic E-state index is 13.7. The first-order chi connectivity index (χ1) is 18.8. The van der Waals surface area contributed by atoms with Gasteiger partial charge in [0.05, 0.1) is 25.3 Å². The molecule has 1 fully saturated rings. The van der Waals surface area contributed by atoms with Crippen molar-refractivity contribution in [3.8, 4) is 11.5 Å². The van der Waals surface area contributed by atoms with Gasteiger partial charge in [0.15, 0.2) is 0 Å². The molecule has 0 saturated carbocycles. The van der Waals surface area contributed by atoms with Gasteiger partial charge in [0.2, 0.25) is 0 Å². The first-order valence-corrected chi connectivity index (χ1v) is 13.0. The first kappa shape index (κ1) is 26.1. The molecule has 5 rings (SSSR count). The molecule has 1 unspecified atom stereocenters. The lowest BCUT2D eigenvalue weighted by Gasteiger charge is -2.25. The number of ether oxygens (including phenoxy) is 2. The van der Waals surface area contributed by atoms with Crippen molar-refractivity contribution in [1.82, 2.24) is 4.57 Å². The van der Waals surface area contributed by atoms with Crippen molar-refractivity contribution in [2.24, 2.45) is 7.05 Å². The maximum absolute atomic E-state index is 13.7. The number of ketones is 1. The van der Waals surface area contributed by atoms with Gasteiger partial charge < -0.3 is 19.1 Å². The summed E-state index contributed by atoms with van der Waals surface area (Å²) in [5, 5.41) is 12.6. The molecule has 1 amide bonds. The van der Waals surface area contributed by atoms with Crippen molar-refractivity contribution in [2.45, 2.75) is 32.7 Å². The van der Waals surface area contributed by atoms with Gasteiger partial charge in [-0.3, -0.25) is 14.5 Å². The SMILES string of the molecule is CCOc1ccc(/C(O)=C2\C(=O)C(=O)N(c3cccc(OC)c3)C2c2cn(C)c3ccccc23)cc1C(C)C. The molecule has 0 radical (unpaired) electrons. The Hall–Kier alpha value is -4.52. The van der Waals surface area contributed by atoms with E-state index in [4.69, 9.17) is 9.47 Å². The number of carbonyl (C=O) groups is 2. The van der Waals surface area contributed by atoms with Crippen LogP contribution < -0.4 is 14.4 Å². The summed E-state index contributed by atoms with van der Waals surface area (Å²) < 4.78 is 13.2. The highest BCUT2D eigenvalue weighted by Gasteiger charge is 2.48. The summed E-state index contributed by atoms with van der Waals surface area (Å²) in [4.78, 5) is 28.8. The van der Waals surface area contributed by atoms with Crippen molar-refractivity contribution in [3.05, 3.63) is 95.2 Å². The fraction of sp³-hybridized carbons (Fsp3) is 0.250. The minimum Gasteiger partial charge on any atom is -0.507 e. The van der Waals surface area contributed by atoms with Gasteiger partial charge in [-0.1, -0.05) is 38.1 Å². The number of nitrogens with zero attached hydrogens (tertiary/aromatic N) is 2. The summed E-state index contributed by atoms with van der Waals surface area (Å²) in [6.07, 6.45) is 1.92. The number of para-hydroxylation sites is 1. The predicted molar refractivity (Wildman–Crippen MR) is 152 cm³/mol. The zero-order valence-electron chi connectivity index (χ0n) is 22.8. The number of aliphatic hydroxyl groups excluding tert-OH is 1. The van der Waals surface area contributed by atoms with E-state index in [1.54, 1.807) is 43.5 Å². The van der Waals surface area contributed by atoms with Crippen LogP contribution in [0.15, 0.2) is 78.5 Å². The van der Waals surface area contributed by atoms with Crippen molar-refractivity contribution in [2.75, 3.05) is 18.6 Å². The number of methoxy groups -OCH3 is 1. The van der Waals surface area contributed by atoms with E-state index in [1.165, 1.54) is 4.90 Å². The summed E-state index contributed by atoms with van der Waals surface area (Å²) in [5.74, 6) is -0.273. The van der Waals surface area contributed by atoms with Crippen molar-refractivity contribution in [3.63, 3.8) is 0 Å². The summed E-state index contributed by atoms with van der Waals surface area (Å²) in [6, 6.07) is 19.4. The van der Waals surface area contributed by atoms with Crippen molar-refractivity contribution < 1.29 is 24.2 Å². The third-order valence-corrected chi connectivity index (χ3v) is 7.20. The second-order valence-electron chi connectivity index (χ2n) is 9.92. The molecular weight excluding hydrogens is 492 g/mol. The third kappa shape index (κ3) is 4.44. The quantitative estimate of drug-likeness (QED) is 0.173. The Morgan fingerprint density at radius 2 is 1.79 bits per heavy atom. The minimum atomic E-state index is -0.850. The molecule has 3 aromatic carbocycles. The van der Waals surface area contributed by atoms with Crippen LogP contribution in [-0.4, -0.2) is 35.1 Å². The van der Waals surface area contributed by atoms with Crippen molar-refractivity contribution >= 4 is 34.0 Å². The van der Waals surface area contributed by atoms with E-state index in [1.807, 2.05) is 68.9 Å². The molecule has 0 aliphatic carbocycles. The van der Waals surface area contributed by atoms with Gasteiger partial charge in [-0.25, -0.2) is 0 Å². The van der Waals surface area contributed by atoms with Gasteiger partial charge in [-0.2, -0.15) is 0 Å². The van der Waals surface area contributed by atoms with Crippen LogP contribution in [-0.2, 0) is 16.6 Å². The van der Waals surface area contributed by atoms with Gasteiger partial charge in [0, 0.05) is 47.0 Å². The Labute approximate surface area is 227 Å². The number of carbonyl (C=O) groups excluding carboxylic acids is 2. The number of rotatable bonds is 7. The van der Waals surface area contributed by atoms with Crippen LogP contribution in [0.4, 0.5) is 5.69 Å². The predicted octanol–water partition coefficient (Wildman–Crippen LogP) is 6.34. The monoisotopic (exact) mass is 524 g/mol. The Bertz CT molecular complexity index is 1610. The van der Waals surface area contributed by atoms with Crippen molar-refractivity contribution in [1.29, 1.82) is 0 Å². The van der Waals surface area contributed by atoms with Gasteiger partial charge in [0.1, 0.15) is 17.3 Å². The second-order valence-corrected chi connectivity index (χ2v) is 9.92. The average molecular weight is 525 g/mol. The topological polar surface area (TPSA) is 81.0 Å². The number of hydrogen-bond acceptors (Lipinski definition) is 5. The van der Waals surface area contributed by atoms with E-state index in [0.717, 1.165) is 27.8 Å². The number of Topliss-reactive ketones (excluding diaryl/α,β-unsaturated/α-hetero) is 1. The van der Waals surface area contributed by atoms with Gasteiger partial charge in [-0.05, 0) is 54.8 Å². The standard InChI is InChI=1S/C32H32N2O5/c1-6-39-27-15-14-20(16-24(27)19(2)3)30(35)28-29(25-18-33(4)26-13-8-7-12-23(25)26)34(32(37)31(28)36)21-10-9-11-22(17-21)38-5/h7-19,29,35H,6H2,1-5H3/b30-28+. The summed E-state index contributed by atoms with van der Waals surface area (Å²) >= 11 is 0. The normalized spacial score (nSPS) is 16.9. The van der Waals surface area contributed by atoms with Crippen LogP contribution in [0.25, 0.3) is 16.7 Å². The maximum Gasteiger partial charge on any atom is 0.300 e. The number of benzene rings is 3. The molecular formula is C32H32N2O5. The van der Waals surface area contributed by atoms with E-state index in [-0.39, 0.29) is 17.3 Å². The molecule has 200 valence electrons. The fourth-order valence-corrected chi connectivity index (χ4v) is 5.33. The molecule has 1 aliphatic rings. The Morgan fingerprint density at radius 1 is 1.03 bits per heavy atom. The summed E-state index contributed by atoms with van der Waals surface area (Å²) in [7, 11) is 3.47. The molecule has 1 aromatic heterocycles. The molecule has 0 spiro atoms. The fourth-order valence-electron chi connectivity index (χ4n) is 5.33. The number of anilines is 1. The highest BCUT2D eigenvalue weighted by atomic mass is 16.5. The van der Waals surface area contributed by atoms with E-state index in [0.29, 0.717) is 23.6 Å². The molecule has 1 saturated heterocycles. The molecule has 7 nitrogen and oxygen atoms in total. The Morgan fingerprint density at radius 3 is 2.51 bits per heavy atom. The molecule has 4 aromatic rings. The van der Waals surface area contributed by atoms with Gasteiger partial charge in [0.25, 0.3) is 11.7 Å². The van der Waals surface area contributed by atoms with E-state index < -0.39 is 17.7 Å². The Kier molecular flexibility index (Phi) is 6.91. The highest BCUT2D eigenvalue weighted by Crippen LogP contribution is 2.45. The van der Waals surface area contributed by atoms with Crippen LogP contribution >= 0.6 is 0 Å². The van der Waals surface area contributed by atoms with Crippen LogP contribution in [0, 0.1) is 0 Å². The Balaban J connectivity index is 1.78. The average Bonchev–Trinajstić information content (AvgIpc) is 3.41. The lowest BCUT2D eigenvalue weighted by molar-refractivity contribution is -0.132. The van der Waals surface area contributed by atoms with Gasteiger partial charge >= 0.3 is 0 Å². The van der Waals surface area contributed by atoms with Crippen LogP contribution in [0.1, 0.15) is 49.4 Å². The zero-order chi connectivity index (χ0) is 27.8. The minimum absolute atomic E-state index is 0.0399. The summed E-state index contributed by atoms with van der Waals surface area (Å²) in [5.41, 5.74) is 3.60. The largest absolute Gasteiger partial charge is 0.507 e. The molecule has 1 aliphatic heterocycles. The van der Waals surface area contributed by atoms with Crippen LogP contribution in [0.3, 0.4) is 0 Å². The number of aromatic nitrogens is 1. The third-order valence-electron chi connectivity index (χ3n) is 7.20. The summed E-state index contributed by atoms with van der Waals surface area (Å²) in [6.45, 7) is 6.51. The molecule has 2 heterocycles. The van der Waals surface area contributed by atoms with E-state index >= 15 is 0 Å². The number of amides is 1. The van der Waals surface area contributed by atoms with Gasteiger partial charge in [-0.15, -0.1) is 0 Å². The highest BCUT2D eigenvalue weighted by molar-refractivity contribution is 6.52. The number of aryl methyl sites for hydroxylation is 1. The van der Waals surface area contributed by atoms with E-state index in [2.05, 4.69) is 0 Å². The van der Waals surface area contributed by atoms with E-state index in [9.17, 15) is 14.7 Å². The lowest BCUT2D eigenvalue weighted by atomic mass is 9.93. The van der Waals surface area contributed by atoms with Crippen LogP contribution in [0.2, 0.25) is 0 Å². The molecule has 39 heavy (non-hydrogen) atoms. The number of fused-ring (bicyclic) bond motifs is 1. The van der Waals surface area contributed by atoms with Crippen LogP contribution in [0.5, 0.6) is 11.5 Å². The molecule has 7 heteroatoms. The molecule has 1 N–H and O–H groups in total. The second kappa shape index (κ2) is 10.3. The number of aliphatic hydroxyl groups is 1. The number of hydrogen-bond donors (Lipinski definition) is 1. The molecule has 0 bridgehead atoms.